The molecule has 0 amide bonds. The molecule has 4 heteroatoms. The molecular weight excluding hydrogens is 248 g/mol. The number of hydrogen-bond donors (Lipinski definition) is 1. The molecule has 0 spiro atoms. The number of pyridine rings is 1. The molecule has 1 aromatic heterocycles. The van der Waals surface area contributed by atoms with E-state index in [2.05, 4.69) is 4.98 Å². The lowest BCUT2D eigenvalue weighted by Crippen LogP contribution is -2.08. The molecule has 0 fully saturated rings. The highest BCUT2D eigenvalue weighted by atomic mass is 35.5. The van der Waals surface area contributed by atoms with Crippen molar-refractivity contribution in [3.8, 4) is 0 Å². The molecule has 3 nitrogen and oxygen atoms in total. The average Bonchev–Trinajstić information content (AvgIpc) is 2.35. The Labute approximate surface area is 111 Å². The summed E-state index contributed by atoms with van der Waals surface area (Å²) in [4.78, 5) is 16.0. The quantitative estimate of drug-likeness (QED) is 0.863. The van der Waals surface area contributed by atoms with Gasteiger partial charge in [-0.05, 0) is 18.6 Å². The van der Waals surface area contributed by atoms with Crippen molar-refractivity contribution in [3.63, 3.8) is 0 Å². The third kappa shape index (κ3) is 2.87. The number of aryl methyl sites for hydroxylation is 1. The topological polar surface area (TPSA) is 56.0 Å². The van der Waals surface area contributed by atoms with Crippen LogP contribution in [-0.4, -0.2) is 10.8 Å². The summed E-state index contributed by atoms with van der Waals surface area (Å²) in [6.07, 6.45) is 1.73. The van der Waals surface area contributed by atoms with E-state index in [0.29, 0.717) is 17.0 Å². The number of nitrogen functional groups attached to an aromatic ring is 1. The van der Waals surface area contributed by atoms with Crippen LogP contribution in [0.4, 0.5) is 5.82 Å². The number of Topliss-reactive ketones (excluding diaryl/α,β-unsaturated/α-hetero) is 1. The number of benzene rings is 1. The predicted octanol–water partition coefficient (Wildman–Crippen LogP) is 3.05. The minimum atomic E-state index is -0.0775. The summed E-state index contributed by atoms with van der Waals surface area (Å²) in [6.45, 7) is 2.00. The van der Waals surface area contributed by atoms with Crippen molar-refractivity contribution in [1.82, 2.24) is 4.98 Å². The number of nitrogens with zero attached hydrogens (tertiary/aromatic N) is 1. The lowest BCUT2D eigenvalue weighted by atomic mass is 10.0. The molecule has 0 atom stereocenters. The molecule has 0 unspecified atom stereocenters. The van der Waals surface area contributed by atoms with Crippen molar-refractivity contribution in [2.45, 2.75) is 13.3 Å². The molecule has 0 saturated carbocycles. The van der Waals surface area contributed by atoms with E-state index in [4.69, 9.17) is 17.3 Å². The number of nitrogens with two attached hydrogens (primary N) is 1. The van der Waals surface area contributed by atoms with Crippen LogP contribution in [0.3, 0.4) is 0 Å². The van der Waals surface area contributed by atoms with E-state index in [1.807, 2.05) is 31.2 Å². The van der Waals surface area contributed by atoms with Crippen LogP contribution in [0.25, 0.3) is 0 Å². The van der Waals surface area contributed by atoms with E-state index in [9.17, 15) is 4.79 Å². The molecule has 92 valence electrons. The first-order valence-electron chi connectivity index (χ1n) is 5.56. The maximum absolute atomic E-state index is 12.1. The molecule has 0 bridgehead atoms. The van der Waals surface area contributed by atoms with Gasteiger partial charge in [0.2, 0.25) is 0 Å². The first-order valence-corrected chi connectivity index (χ1v) is 5.94. The molecule has 2 aromatic rings. The number of halogens is 1. The van der Waals surface area contributed by atoms with E-state index in [1.54, 1.807) is 6.07 Å². The summed E-state index contributed by atoms with van der Waals surface area (Å²) in [5, 5.41) is 0.413. The van der Waals surface area contributed by atoms with Gasteiger partial charge in [-0.1, -0.05) is 41.4 Å². The number of aromatic nitrogens is 1. The fourth-order valence-corrected chi connectivity index (χ4v) is 1.82. The zero-order valence-electron chi connectivity index (χ0n) is 9.98. The van der Waals surface area contributed by atoms with Gasteiger partial charge in [0.15, 0.2) is 5.78 Å². The highest BCUT2D eigenvalue weighted by Gasteiger charge is 2.12. The zero-order chi connectivity index (χ0) is 13.1. The standard InChI is InChI=1S/C14H13ClN2O/c1-9-2-4-10(5-3-9)6-13(18)12-7-11(15)8-17-14(12)16/h2-5,7-8H,6H2,1H3,(H2,16,17). The molecular formula is C14H13ClN2O. The highest BCUT2D eigenvalue weighted by molar-refractivity contribution is 6.31. The summed E-state index contributed by atoms with van der Waals surface area (Å²) in [7, 11) is 0. The molecule has 1 heterocycles. The van der Waals surface area contributed by atoms with Crippen LogP contribution in [0.5, 0.6) is 0 Å². The van der Waals surface area contributed by atoms with Gasteiger partial charge in [-0.15, -0.1) is 0 Å². The van der Waals surface area contributed by atoms with Gasteiger partial charge >= 0.3 is 0 Å². The zero-order valence-corrected chi connectivity index (χ0v) is 10.7. The van der Waals surface area contributed by atoms with Gasteiger partial charge in [0, 0.05) is 12.6 Å². The van der Waals surface area contributed by atoms with Crippen LogP contribution >= 0.6 is 11.6 Å². The van der Waals surface area contributed by atoms with Crippen LogP contribution in [0.1, 0.15) is 21.5 Å². The van der Waals surface area contributed by atoms with Gasteiger partial charge in [0.25, 0.3) is 0 Å². The Morgan fingerprint density at radius 2 is 2.00 bits per heavy atom. The molecule has 2 rings (SSSR count). The largest absolute Gasteiger partial charge is 0.383 e. The normalized spacial score (nSPS) is 10.3. The molecule has 2 N–H and O–H groups in total. The van der Waals surface area contributed by atoms with Gasteiger partial charge in [-0.25, -0.2) is 4.98 Å². The summed E-state index contributed by atoms with van der Waals surface area (Å²) < 4.78 is 0. The van der Waals surface area contributed by atoms with E-state index in [1.165, 1.54) is 6.20 Å². The minimum absolute atomic E-state index is 0.0775. The van der Waals surface area contributed by atoms with Crippen molar-refractivity contribution in [1.29, 1.82) is 0 Å². The fourth-order valence-electron chi connectivity index (χ4n) is 1.66. The van der Waals surface area contributed by atoms with Crippen LogP contribution in [-0.2, 0) is 6.42 Å². The van der Waals surface area contributed by atoms with Crippen molar-refractivity contribution in [2.24, 2.45) is 0 Å². The molecule has 0 aliphatic carbocycles. The van der Waals surface area contributed by atoms with Crippen molar-refractivity contribution < 1.29 is 4.79 Å². The first kappa shape index (κ1) is 12.6. The molecule has 0 radical (unpaired) electrons. The molecule has 1 aromatic carbocycles. The van der Waals surface area contributed by atoms with Gasteiger partial charge < -0.3 is 5.73 Å². The van der Waals surface area contributed by atoms with E-state index in [-0.39, 0.29) is 11.6 Å². The van der Waals surface area contributed by atoms with E-state index >= 15 is 0 Å². The second kappa shape index (κ2) is 5.19. The molecule has 0 aliphatic rings. The van der Waals surface area contributed by atoms with Crippen molar-refractivity contribution >= 4 is 23.2 Å². The minimum Gasteiger partial charge on any atom is -0.383 e. The highest BCUT2D eigenvalue weighted by Crippen LogP contribution is 2.17. The van der Waals surface area contributed by atoms with Crippen molar-refractivity contribution in [3.05, 3.63) is 58.2 Å². The summed E-state index contributed by atoms with van der Waals surface area (Å²) >= 11 is 5.81. The van der Waals surface area contributed by atoms with Gasteiger partial charge in [-0.3, -0.25) is 4.79 Å². The lowest BCUT2D eigenvalue weighted by Gasteiger charge is -2.05. The van der Waals surface area contributed by atoms with E-state index in [0.717, 1.165) is 11.1 Å². The number of rotatable bonds is 3. The fraction of sp³-hybridized carbons (Fsp3) is 0.143. The van der Waals surface area contributed by atoms with Crippen LogP contribution in [0, 0.1) is 6.92 Å². The van der Waals surface area contributed by atoms with Gasteiger partial charge in [0.1, 0.15) is 5.82 Å². The summed E-state index contributed by atoms with van der Waals surface area (Å²) in [6, 6.07) is 9.37. The molecule has 18 heavy (non-hydrogen) atoms. The van der Waals surface area contributed by atoms with Crippen LogP contribution in [0.15, 0.2) is 36.5 Å². The Morgan fingerprint density at radius 3 is 2.67 bits per heavy atom. The average molecular weight is 261 g/mol. The SMILES string of the molecule is Cc1ccc(CC(=O)c2cc(Cl)cnc2N)cc1. The van der Waals surface area contributed by atoms with Crippen molar-refractivity contribution in [2.75, 3.05) is 5.73 Å². The Morgan fingerprint density at radius 1 is 1.33 bits per heavy atom. The monoisotopic (exact) mass is 260 g/mol. The smallest absolute Gasteiger partial charge is 0.170 e. The number of ketones is 1. The molecule has 0 aliphatic heterocycles. The second-order valence-corrected chi connectivity index (χ2v) is 4.61. The van der Waals surface area contributed by atoms with Gasteiger partial charge in [-0.2, -0.15) is 0 Å². The predicted molar refractivity (Wildman–Crippen MR) is 72.9 cm³/mol. The third-order valence-corrected chi connectivity index (χ3v) is 2.88. The van der Waals surface area contributed by atoms with E-state index < -0.39 is 0 Å². The maximum Gasteiger partial charge on any atom is 0.170 e. The second-order valence-electron chi connectivity index (χ2n) is 4.17. The Balaban J connectivity index is 2.21. The lowest BCUT2D eigenvalue weighted by molar-refractivity contribution is 0.0993. The number of anilines is 1. The Bertz CT molecular complexity index is 579. The van der Waals surface area contributed by atoms with Crippen LogP contribution < -0.4 is 5.73 Å². The summed E-state index contributed by atoms with van der Waals surface area (Å²) in [5.74, 6) is 0.142. The first-order chi connectivity index (χ1) is 8.56. The third-order valence-electron chi connectivity index (χ3n) is 2.67. The number of hydrogen-bond acceptors (Lipinski definition) is 3. The van der Waals surface area contributed by atoms with Crippen LogP contribution in [0.2, 0.25) is 5.02 Å². The Hall–Kier alpha value is -1.87. The molecule has 0 saturated heterocycles. The number of carbonyl (C=O) groups is 1. The number of carbonyl (C=O) groups excluding carboxylic acids is 1. The maximum atomic E-state index is 12.1. The van der Waals surface area contributed by atoms with Gasteiger partial charge in [0.05, 0.1) is 10.6 Å². The summed E-state index contributed by atoms with van der Waals surface area (Å²) in [5.41, 5.74) is 8.17. The Kier molecular flexibility index (Phi) is 3.63.